The summed E-state index contributed by atoms with van der Waals surface area (Å²) in [5.41, 5.74) is -1.01. The van der Waals surface area contributed by atoms with Gasteiger partial charge in [-0.1, -0.05) is 46.2 Å². The van der Waals surface area contributed by atoms with Crippen molar-refractivity contribution in [3.63, 3.8) is 0 Å². The van der Waals surface area contributed by atoms with E-state index in [0.29, 0.717) is 18.3 Å². The molecule has 3 rings (SSSR count). The van der Waals surface area contributed by atoms with Crippen LogP contribution in [0.5, 0.6) is 0 Å². The zero-order chi connectivity index (χ0) is 22.6. The molecule has 1 aromatic rings. The lowest BCUT2D eigenvalue weighted by atomic mass is 9.85. The Bertz CT molecular complexity index is 844. The van der Waals surface area contributed by atoms with Crippen molar-refractivity contribution >= 4 is 29.3 Å². The highest BCUT2D eigenvalue weighted by Gasteiger charge is 2.70. The quantitative estimate of drug-likeness (QED) is 0.723. The van der Waals surface area contributed by atoms with Crippen LogP contribution in [0.2, 0.25) is 5.15 Å². The molecule has 2 aliphatic rings. The molecule has 2 heterocycles. The van der Waals surface area contributed by atoms with Gasteiger partial charge in [-0.2, -0.15) is 0 Å². The maximum atomic E-state index is 13.7. The summed E-state index contributed by atoms with van der Waals surface area (Å²) in [5.74, 6) is 0.370. The molecule has 0 bridgehead atoms. The lowest BCUT2D eigenvalue weighted by Gasteiger charge is -2.38. The number of hydrogen-bond donors (Lipinski definition) is 1. The zero-order valence-corrected chi connectivity index (χ0v) is 19.9. The molecule has 1 N–H and O–H groups in total. The second-order valence-corrected chi connectivity index (χ2v) is 11.5. The van der Waals surface area contributed by atoms with E-state index in [2.05, 4.69) is 29.1 Å². The molecule has 1 aliphatic heterocycles. The van der Waals surface area contributed by atoms with E-state index in [1.165, 1.54) is 12.4 Å². The van der Waals surface area contributed by atoms with Crippen LogP contribution in [-0.4, -0.2) is 51.0 Å². The number of aromatic nitrogens is 2. The minimum absolute atomic E-state index is 0.0292. The first-order valence-electron chi connectivity index (χ1n) is 10.4. The van der Waals surface area contributed by atoms with Crippen molar-refractivity contribution in [1.29, 1.82) is 0 Å². The highest BCUT2D eigenvalue weighted by Crippen LogP contribution is 2.65. The zero-order valence-electron chi connectivity index (χ0n) is 19.1. The predicted molar refractivity (Wildman–Crippen MR) is 116 cm³/mol. The van der Waals surface area contributed by atoms with Crippen LogP contribution in [-0.2, 0) is 14.3 Å². The third-order valence-corrected chi connectivity index (χ3v) is 6.33. The largest absolute Gasteiger partial charge is 0.458 e. The number of fused-ring (bicyclic) bond motifs is 1. The number of carbonyl (C=O) groups excluding carboxylic acids is 2. The molecule has 0 radical (unpaired) electrons. The van der Waals surface area contributed by atoms with E-state index in [0.717, 1.165) is 0 Å². The van der Waals surface area contributed by atoms with Gasteiger partial charge in [0.2, 0.25) is 5.91 Å². The Labute approximate surface area is 183 Å². The summed E-state index contributed by atoms with van der Waals surface area (Å²) >= 11 is 5.96. The van der Waals surface area contributed by atoms with Crippen LogP contribution in [0.15, 0.2) is 12.4 Å². The lowest BCUT2D eigenvalue weighted by molar-refractivity contribution is -0.165. The first kappa shape index (κ1) is 22.8. The average molecular weight is 437 g/mol. The molecule has 8 heteroatoms. The Morgan fingerprint density at radius 3 is 2.40 bits per heavy atom. The van der Waals surface area contributed by atoms with Gasteiger partial charge >= 0.3 is 5.97 Å². The van der Waals surface area contributed by atoms with Crippen LogP contribution in [0, 0.1) is 22.7 Å². The van der Waals surface area contributed by atoms with Gasteiger partial charge in [0.1, 0.15) is 28.7 Å². The van der Waals surface area contributed by atoms with E-state index in [1.807, 2.05) is 41.5 Å². The fourth-order valence-electron chi connectivity index (χ4n) is 4.52. The number of halogens is 1. The van der Waals surface area contributed by atoms with E-state index in [1.54, 1.807) is 4.90 Å². The molecule has 1 saturated heterocycles. The van der Waals surface area contributed by atoms with Crippen molar-refractivity contribution in [3.05, 3.63) is 17.5 Å². The highest BCUT2D eigenvalue weighted by molar-refractivity contribution is 6.29. The number of nitrogens with one attached hydrogen (secondary N) is 1. The van der Waals surface area contributed by atoms with Crippen LogP contribution in [0.3, 0.4) is 0 Å². The van der Waals surface area contributed by atoms with Gasteiger partial charge in [0.25, 0.3) is 0 Å². The van der Waals surface area contributed by atoms with Crippen molar-refractivity contribution in [2.45, 2.75) is 73.1 Å². The Balaban J connectivity index is 1.88. The minimum Gasteiger partial charge on any atom is -0.458 e. The molecule has 0 unspecified atom stereocenters. The molecule has 1 saturated carbocycles. The number of likely N-dealkylation sites (tertiary alicyclic amines) is 1. The Morgan fingerprint density at radius 2 is 1.87 bits per heavy atom. The number of piperidine rings is 1. The monoisotopic (exact) mass is 436 g/mol. The van der Waals surface area contributed by atoms with E-state index in [-0.39, 0.29) is 28.4 Å². The topological polar surface area (TPSA) is 84.4 Å². The number of esters is 1. The van der Waals surface area contributed by atoms with Crippen molar-refractivity contribution in [2.75, 3.05) is 11.9 Å². The van der Waals surface area contributed by atoms with E-state index < -0.39 is 23.1 Å². The molecule has 7 nitrogen and oxygen atoms in total. The van der Waals surface area contributed by atoms with E-state index >= 15 is 0 Å². The van der Waals surface area contributed by atoms with Gasteiger partial charge in [-0.05, 0) is 37.5 Å². The number of amides is 1. The lowest BCUT2D eigenvalue weighted by Crippen LogP contribution is -2.55. The maximum Gasteiger partial charge on any atom is 0.329 e. The second kappa shape index (κ2) is 7.36. The summed E-state index contributed by atoms with van der Waals surface area (Å²) in [6.07, 6.45) is 2.98. The van der Waals surface area contributed by atoms with E-state index in [9.17, 15) is 9.59 Å². The molecule has 1 aliphatic carbocycles. The van der Waals surface area contributed by atoms with Crippen LogP contribution >= 0.6 is 11.6 Å². The average Bonchev–Trinajstić information content (AvgIpc) is 2.92. The summed E-state index contributed by atoms with van der Waals surface area (Å²) in [5, 5.41) is 3.44. The molecule has 2 fully saturated rings. The fourth-order valence-corrected chi connectivity index (χ4v) is 4.67. The molecule has 30 heavy (non-hydrogen) atoms. The van der Waals surface area contributed by atoms with Crippen LogP contribution in [0.25, 0.3) is 0 Å². The molecule has 1 amide bonds. The second-order valence-electron chi connectivity index (χ2n) is 11.1. The van der Waals surface area contributed by atoms with Crippen molar-refractivity contribution < 1.29 is 14.3 Å². The van der Waals surface area contributed by atoms with Crippen molar-refractivity contribution in [2.24, 2.45) is 22.7 Å². The first-order valence-corrected chi connectivity index (χ1v) is 10.8. The molecular formula is C22H33ClN4O3. The molecular weight excluding hydrogens is 404 g/mol. The summed E-state index contributed by atoms with van der Waals surface area (Å²) in [4.78, 5) is 36.8. The Kier molecular flexibility index (Phi) is 5.59. The maximum absolute atomic E-state index is 13.7. The SMILES string of the molecule is CC(C)(C)OC(=O)[C@@H]1[C@@H]2[C@H](CN1C(=O)[C@@H](Nc1cncc(Cl)n1)C(C)(C)C)C2(C)C. The Hall–Kier alpha value is -1.89. The molecule has 4 atom stereocenters. The predicted octanol–water partition coefficient (Wildman–Crippen LogP) is 3.78. The van der Waals surface area contributed by atoms with Crippen LogP contribution in [0.1, 0.15) is 55.4 Å². The van der Waals surface area contributed by atoms with E-state index in [4.69, 9.17) is 16.3 Å². The summed E-state index contributed by atoms with van der Waals surface area (Å²) < 4.78 is 5.70. The van der Waals surface area contributed by atoms with Gasteiger partial charge in [0, 0.05) is 12.5 Å². The number of carbonyl (C=O) groups is 2. The molecule has 166 valence electrons. The molecule has 0 spiro atoms. The van der Waals surface area contributed by atoms with Gasteiger partial charge in [0.15, 0.2) is 0 Å². The first-order chi connectivity index (χ1) is 13.6. The minimum atomic E-state index is -0.610. The van der Waals surface area contributed by atoms with Crippen molar-refractivity contribution in [1.82, 2.24) is 14.9 Å². The summed E-state index contributed by atoms with van der Waals surface area (Å²) in [6, 6.07) is -1.18. The van der Waals surface area contributed by atoms with Gasteiger partial charge < -0.3 is 15.0 Å². The van der Waals surface area contributed by atoms with Crippen LogP contribution < -0.4 is 5.32 Å². The summed E-state index contributed by atoms with van der Waals surface area (Å²) in [6.45, 7) is 16.3. The fraction of sp³-hybridized carbons (Fsp3) is 0.727. The molecule has 1 aromatic heterocycles. The van der Waals surface area contributed by atoms with Gasteiger partial charge in [-0.25, -0.2) is 9.78 Å². The number of nitrogens with zero attached hydrogens (tertiary/aromatic N) is 3. The third-order valence-electron chi connectivity index (χ3n) is 6.15. The number of rotatable bonds is 4. The smallest absolute Gasteiger partial charge is 0.329 e. The van der Waals surface area contributed by atoms with Crippen LogP contribution in [0.4, 0.5) is 5.82 Å². The van der Waals surface area contributed by atoms with Gasteiger partial charge in [-0.15, -0.1) is 0 Å². The Morgan fingerprint density at radius 1 is 1.23 bits per heavy atom. The standard InChI is InChI=1S/C22H33ClN4O3/c1-20(2,3)17(26-14-10-24-9-13(23)25-14)18(28)27-11-12-15(22(12,7)8)16(27)19(29)30-21(4,5)6/h9-10,12,15-17H,11H2,1-8H3,(H,25,26)/t12-,15-,16-,17+/m0/s1. The summed E-state index contributed by atoms with van der Waals surface area (Å²) in [7, 11) is 0. The molecule has 0 aromatic carbocycles. The number of anilines is 1. The highest BCUT2D eigenvalue weighted by atomic mass is 35.5. The van der Waals surface area contributed by atoms with Gasteiger partial charge in [-0.3, -0.25) is 9.78 Å². The number of hydrogen-bond acceptors (Lipinski definition) is 6. The van der Waals surface area contributed by atoms with Gasteiger partial charge in [0.05, 0.1) is 12.4 Å². The third kappa shape index (κ3) is 4.41. The number of ether oxygens (including phenoxy) is 1. The van der Waals surface area contributed by atoms with Crippen molar-refractivity contribution in [3.8, 4) is 0 Å². The normalized spacial score (nSPS) is 26.0.